The maximum atomic E-state index is 6.17. The van der Waals surface area contributed by atoms with E-state index in [1.54, 1.807) is 10.9 Å². The summed E-state index contributed by atoms with van der Waals surface area (Å²) in [6.45, 7) is 0. The molecule has 0 bridgehead atoms. The van der Waals surface area contributed by atoms with Crippen molar-refractivity contribution in [3.05, 3.63) is 60.0 Å². The van der Waals surface area contributed by atoms with Crippen molar-refractivity contribution in [3.8, 4) is 17.2 Å². The van der Waals surface area contributed by atoms with E-state index in [4.69, 9.17) is 11.6 Å². The molecule has 3 aromatic rings. The van der Waals surface area contributed by atoms with Crippen LogP contribution in [0.15, 0.2) is 55.0 Å². The lowest BCUT2D eigenvalue weighted by Gasteiger charge is -2.06. The van der Waals surface area contributed by atoms with Gasteiger partial charge < -0.3 is 0 Å². The average Bonchev–Trinajstić information content (AvgIpc) is 2.89. The van der Waals surface area contributed by atoms with E-state index in [-0.39, 0.29) is 0 Å². The number of benzene rings is 1. The Morgan fingerprint density at radius 3 is 2.56 bits per heavy atom. The number of pyridine rings is 1. The number of aromatic nitrogens is 4. The maximum absolute atomic E-state index is 6.17. The van der Waals surface area contributed by atoms with Crippen molar-refractivity contribution in [1.82, 2.24) is 19.7 Å². The molecule has 0 fully saturated rings. The molecule has 0 amide bonds. The van der Waals surface area contributed by atoms with E-state index >= 15 is 0 Å². The van der Waals surface area contributed by atoms with Gasteiger partial charge in [0.25, 0.3) is 0 Å². The zero-order chi connectivity index (χ0) is 12.4. The van der Waals surface area contributed by atoms with Crippen molar-refractivity contribution in [3.63, 3.8) is 0 Å². The lowest BCUT2D eigenvalue weighted by Crippen LogP contribution is -2.01. The van der Waals surface area contributed by atoms with Crippen molar-refractivity contribution >= 4 is 11.6 Å². The minimum Gasteiger partial charge on any atom is -0.237 e. The highest BCUT2D eigenvalue weighted by molar-refractivity contribution is 6.33. The highest BCUT2D eigenvalue weighted by Crippen LogP contribution is 2.26. The molecule has 0 aliphatic heterocycles. The van der Waals surface area contributed by atoms with Gasteiger partial charge >= 0.3 is 0 Å². The van der Waals surface area contributed by atoms with Crippen molar-refractivity contribution in [2.75, 3.05) is 0 Å². The number of halogens is 1. The molecule has 0 atom stereocenters. The second-order valence-electron chi connectivity index (χ2n) is 3.66. The molecule has 18 heavy (non-hydrogen) atoms. The van der Waals surface area contributed by atoms with Crippen LogP contribution in [-0.2, 0) is 0 Å². The van der Waals surface area contributed by atoms with Crippen LogP contribution < -0.4 is 0 Å². The SMILES string of the molecule is Clc1ccccc1-c1ncnn1-c1ccccn1. The summed E-state index contributed by atoms with van der Waals surface area (Å²) in [5.41, 5.74) is 0.835. The molecule has 88 valence electrons. The van der Waals surface area contributed by atoms with Crippen molar-refractivity contribution in [2.24, 2.45) is 0 Å². The third-order valence-corrected chi connectivity index (χ3v) is 2.86. The lowest BCUT2D eigenvalue weighted by molar-refractivity contribution is 0.853. The Bertz CT molecular complexity index is 664. The summed E-state index contributed by atoms with van der Waals surface area (Å²) in [4.78, 5) is 8.51. The van der Waals surface area contributed by atoms with Gasteiger partial charge in [-0.3, -0.25) is 0 Å². The van der Waals surface area contributed by atoms with Gasteiger partial charge in [0, 0.05) is 11.8 Å². The largest absolute Gasteiger partial charge is 0.237 e. The molecule has 0 saturated carbocycles. The van der Waals surface area contributed by atoms with Gasteiger partial charge in [-0.05, 0) is 24.3 Å². The van der Waals surface area contributed by atoms with Gasteiger partial charge in [-0.25, -0.2) is 9.97 Å². The highest BCUT2D eigenvalue weighted by Gasteiger charge is 2.12. The number of nitrogens with zero attached hydrogens (tertiary/aromatic N) is 4. The van der Waals surface area contributed by atoms with Gasteiger partial charge in [0.2, 0.25) is 0 Å². The molecule has 3 rings (SSSR count). The zero-order valence-electron chi connectivity index (χ0n) is 9.36. The lowest BCUT2D eigenvalue weighted by atomic mass is 10.2. The molecule has 5 heteroatoms. The van der Waals surface area contributed by atoms with Crippen LogP contribution in [0, 0.1) is 0 Å². The fraction of sp³-hybridized carbons (Fsp3) is 0. The van der Waals surface area contributed by atoms with Gasteiger partial charge in [-0.15, -0.1) is 0 Å². The third kappa shape index (κ3) is 1.87. The van der Waals surface area contributed by atoms with Crippen molar-refractivity contribution in [1.29, 1.82) is 0 Å². The van der Waals surface area contributed by atoms with E-state index in [0.717, 1.165) is 5.56 Å². The average molecular weight is 257 g/mol. The van der Waals surface area contributed by atoms with E-state index in [2.05, 4.69) is 15.1 Å². The quantitative estimate of drug-likeness (QED) is 0.708. The molecular weight excluding hydrogens is 248 g/mol. The summed E-state index contributed by atoms with van der Waals surface area (Å²) in [5, 5.41) is 4.83. The number of rotatable bonds is 2. The van der Waals surface area contributed by atoms with E-state index in [1.165, 1.54) is 6.33 Å². The summed E-state index contributed by atoms with van der Waals surface area (Å²) in [6.07, 6.45) is 3.21. The Kier molecular flexibility index (Phi) is 2.78. The van der Waals surface area contributed by atoms with Crippen LogP contribution in [0.5, 0.6) is 0 Å². The smallest absolute Gasteiger partial charge is 0.166 e. The van der Waals surface area contributed by atoms with Gasteiger partial charge in [-0.2, -0.15) is 9.78 Å². The Balaban J connectivity index is 2.16. The predicted molar refractivity (Wildman–Crippen MR) is 69.6 cm³/mol. The first kappa shape index (κ1) is 10.9. The van der Waals surface area contributed by atoms with Gasteiger partial charge in [0.15, 0.2) is 11.6 Å². The molecule has 0 unspecified atom stereocenters. The van der Waals surface area contributed by atoms with E-state index in [0.29, 0.717) is 16.7 Å². The van der Waals surface area contributed by atoms with Crippen LogP contribution in [0.4, 0.5) is 0 Å². The number of hydrogen-bond donors (Lipinski definition) is 0. The second-order valence-corrected chi connectivity index (χ2v) is 4.07. The Morgan fingerprint density at radius 2 is 1.78 bits per heavy atom. The van der Waals surface area contributed by atoms with Crippen LogP contribution in [-0.4, -0.2) is 19.7 Å². The minimum atomic E-state index is 0.641. The summed E-state index contributed by atoms with van der Waals surface area (Å²) < 4.78 is 1.67. The molecule has 0 radical (unpaired) electrons. The van der Waals surface area contributed by atoms with E-state index in [9.17, 15) is 0 Å². The summed E-state index contributed by atoms with van der Waals surface area (Å²) in [6, 6.07) is 13.2. The minimum absolute atomic E-state index is 0.641. The fourth-order valence-corrected chi connectivity index (χ4v) is 1.93. The van der Waals surface area contributed by atoms with Crippen LogP contribution in [0.25, 0.3) is 17.2 Å². The molecule has 2 heterocycles. The van der Waals surface area contributed by atoms with E-state index < -0.39 is 0 Å². The summed E-state index contributed by atoms with van der Waals surface area (Å²) >= 11 is 6.17. The van der Waals surface area contributed by atoms with Gasteiger partial charge in [-0.1, -0.05) is 29.8 Å². The Hall–Kier alpha value is -2.20. The Labute approximate surface area is 109 Å². The normalized spacial score (nSPS) is 10.5. The first-order valence-corrected chi connectivity index (χ1v) is 5.80. The van der Waals surface area contributed by atoms with E-state index in [1.807, 2.05) is 42.5 Å². The van der Waals surface area contributed by atoms with Crippen LogP contribution in [0.2, 0.25) is 5.02 Å². The Morgan fingerprint density at radius 1 is 0.944 bits per heavy atom. The molecule has 0 aliphatic rings. The summed E-state index contributed by atoms with van der Waals surface area (Å²) in [7, 11) is 0. The molecule has 0 aliphatic carbocycles. The monoisotopic (exact) mass is 256 g/mol. The van der Waals surface area contributed by atoms with Crippen LogP contribution in [0.1, 0.15) is 0 Å². The third-order valence-electron chi connectivity index (χ3n) is 2.53. The first-order chi connectivity index (χ1) is 8.86. The van der Waals surface area contributed by atoms with Crippen LogP contribution in [0.3, 0.4) is 0 Å². The predicted octanol–water partition coefficient (Wildman–Crippen LogP) is 2.98. The summed E-state index contributed by atoms with van der Waals surface area (Å²) in [5.74, 6) is 1.39. The molecule has 0 N–H and O–H groups in total. The second kappa shape index (κ2) is 4.58. The molecule has 0 spiro atoms. The highest BCUT2D eigenvalue weighted by atomic mass is 35.5. The molecular formula is C13H9ClN4. The van der Waals surface area contributed by atoms with Crippen molar-refractivity contribution in [2.45, 2.75) is 0 Å². The molecule has 2 aromatic heterocycles. The zero-order valence-corrected chi connectivity index (χ0v) is 10.1. The number of hydrogen-bond acceptors (Lipinski definition) is 3. The van der Waals surface area contributed by atoms with Gasteiger partial charge in [0.1, 0.15) is 6.33 Å². The fourth-order valence-electron chi connectivity index (χ4n) is 1.71. The molecule has 1 aromatic carbocycles. The topological polar surface area (TPSA) is 43.6 Å². The molecule has 4 nitrogen and oxygen atoms in total. The maximum Gasteiger partial charge on any atom is 0.166 e. The standard InChI is InChI=1S/C13H9ClN4/c14-11-6-2-1-5-10(11)13-16-9-17-18(13)12-7-3-4-8-15-12/h1-9H. The first-order valence-electron chi connectivity index (χ1n) is 5.42. The van der Waals surface area contributed by atoms with Crippen LogP contribution >= 0.6 is 11.6 Å². The van der Waals surface area contributed by atoms with Crippen molar-refractivity contribution < 1.29 is 0 Å². The van der Waals surface area contributed by atoms with Gasteiger partial charge in [0.05, 0.1) is 5.02 Å². The molecule has 0 saturated heterocycles.